The fourth-order valence-electron chi connectivity index (χ4n) is 23.1. The van der Waals surface area contributed by atoms with E-state index in [0.717, 1.165) is 137 Å². The number of carbonyl (C=O) groups is 4. The van der Waals surface area contributed by atoms with Crippen molar-refractivity contribution in [1.82, 2.24) is 24.5 Å². The summed E-state index contributed by atoms with van der Waals surface area (Å²) in [5.74, 6) is 1.22. The molecule has 4 amide bonds. The number of benzene rings is 6. The number of allylic oxidation sites excluding steroid dienone is 3. The number of ether oxygens (including phenoxy) is 4. The van der Waals surface area contributed by atoms with Crippen LogP contribution >= 0.6 is 34.8 Å². The molecular weight excluding hydrogens is 1920 g/mol. The van der Waals surface area contributed by atoms with E-state index >= 15 is 4.21 Å². The highest BCUT2D eigenvalue weighted by Gasteiger charge is 2.50. The van der Waals surface area contributed by atoms with Crippen molar-refractivity contribution >= 4 is 122 Å². The van der Waals surface area contributed by atoms with E-state index in [-0.39, 0.29) is 69.2 Å². The molecule has 3 spiro atoms. The fourth-order valence-corrected chi connectivity index (χ4v) is 28.7. The van der Waals surface area contributed by atoms with Crippen LogP contribution in [0.25, 0.3) is 11.0 Å². The zero-order valence-corrected chi connectivity index (χ0v) is 87.6. The molecule has 760 valence electrons. The van der Waals surface area contributed by atoms with Crippen LogP contribution in [-0.2, 0) is 77.0 Å². The van der Waals surface area contributed by atoms with Crippen LogP contribution in [0.15, 0.2) is 184 Å². The molecule has 8 aromatic rings. The standard InChI is InChI=1S/C39H52ClN3O6S.C38H44ClN7O4S.C32H40ClN3O4S/c1-8-11-25(3)26(4)50(47,42-37(46)49-38(5,6)7)41-36(45)28-14-18-35-33(21-28)43(22-29-13-16-31(29)34(44)9-2)23-39(24-48-35)19-10-12-27-20-30(40)15-17-32(27)39;1-23-6-4-8-33(47)29-12-9-27(29)18-46-20-38(15-5-7-25-16-28(39)11-13-31(25)38)21-50-34-14-10-26(17-32(34)46)37(48)44-51(49,24(23)2)43-36-30-19-45(3)42-35(30)40-22-41-36;1-20-5-3-7-29(37)26-11-8-24(26)17-36-18-32(14-4-6-22-15-25(33)10-12-27(22)32)19-40-30-13-9-23(16-28(30)36)31(38)35-41(34,39)21(20)2/h8-9,14-15,17-18,20-21,25-26,29,31,34,44H,1-2,10-13,16,19,22-24H2,3-7H3,(H,41,42,45,46,47);4,8,10-11,13-14,16-17,19,22-24,27,29,33,47H,5-7,9,12,15,18,20-21H2,1-3H3,(H,40,41,42,43,44,48,49);3,7,9-10,12-13,15-16,20-21,24,26,29,37H,4-6,8,11,14,17-19H2,1-2H3,(H2,34,35,38,39)/b;8-4+;7-3+/t25-,26+,29-,31+,34-,39-,50?;23-,24+,27-,29+,33-,38-,51?;20-,21+,24-,26+,29-,32-,41?/m000/s1. The van der Waals surface area contributed by atoms with E-state index in [1.807, 2.05) is 94.5 Å². The number of nitrogens with zero attached hydrogens (tertiary/aromatic N) is 10. The average molecular weight is 2050 g/mol. The molecule has 4 bridgehead atoms. The maximum atomic E-state index is 15.0. The topological polar surface area (TPSA) is 358 Å². The zero-order valence-electron chi connectivity index (χ0n) is 82.9. The van der Waals surface area contributed by atoms with Gasteiger partial charge >= 0.3 is 6.09 Å². The van der Waals surface area contributed by atoms with E-state index in [9.17, 15) is 42.9 Å². The predicted molar refractivity (Wildman–Crippen MR) is 564 cm³/mol. The lowest BCUT2D eigenvalue weighted by molar-refractivity contribution is 0.0454. The molecule has 6 aromatic carbocycles. The smallest absolute Gasteiger partial charge is 0.420 e. The molecule has 33 heteroatoms. The van der Waals surface area contributed by atoms with Gasteiger partial charge in [0.05, 0.1) is 76.3 Å². The van der Waals surface area contributed by atoms with E-state index in [0.29, 0.717) is 121 Å². The Bertz CT molecular complexity index is 6640. The van der Waals surface area contributed by atoms with Crippen LogP contribution in [0.4, 0.5) is 27.7 Å². The molecule has 11 aliphatic rings. The third-order valence-electron chi connectivity index (χ3n) is 32.3. The third kappa shape index (κ3) is 22.0. The lowest BCUT2D eigenvalue weighted by atomic mass is 9.68. The summed E-state index contributed by atoms with van der Waals surface area (Å²) in [6, 6.07) is 34.5. The van der Waals surface area contributed by atoms with Gasteiger partial charge in [0.25, 0.3) is 17.7 Å². The number of nitrogens with one attached hydrogen (secondary N) is 2. The van der Waals surface area contributed by atoms with Crippen LogP contribution in [0.2, 0.25) is 15.1 Å². The Hall–Kier alpha value is -9.73. The highest BCUT2D eigenvalue weighted by molar-refractivity contribution is 7.95. The van der Waals surface area contributed by atoms with Crippen molar-refractivity contribution in [2.45, 2.75) is 234 Å². The molecule has 0 saturated heterocycles. The van der Waals surface area contributed by atoms with Crippen molar-refractivity contribution in [2.24, 2.45) is 78.5 Å². The van der Waals surface area contributed by atoms with Gasteiger partial charge < -0.3 is 49.0 Å². The van der Waals surface area contributed by atoms with Gasteiger partial charge in [0.2, 0.25) is 0 Å². The average Bonchev–Trinajstić information content (AvgIpc) is 1.61. The number of amides is 4. The Morgan fingerprint density at radius 2 is 1.16 bits per heavy atom. The molecular formula is C109H136Cl3N13O14S3. The van der Waals surface area contributed by atoms with Gasteiger partial charge in [-0.2, -0.15) is 5.10 Å². The first-order chi connectivity index (χ1) is 67.7. The number of halogens is 3. The number of aliphatic hydroxyl groups is 3. The molecule has 7 heterocycles. The lowest BCUT2D eigenvalue weighted by Gasteiger charge is -2.45. The molecule has 2 aromatic heterocycles. The second kappa shape index (κ2) is 42.4. The van der Waals surface area contributed by atoms with Crippen LogP contribution < -0.4 is 43.5 Å². The molecule has 19 rings (SSSR count). The van der Waals surface area contributed by atoms with Gasteiger partial charge in [-0.25, -0.2) is 37.3 Å². The van der Waals surface area contributed by atoms with Gasteiger partial charge in [0, 0.05) is 101 Å². The summed E-state index contributed by atoms with van der Waals surface area (Å²) in [6.07, 6.45) is 27.9. The molecule has 0 radical (unpaired) electrons. The zero-order chi connectivity index (χ0) is 101. The molecule has 3 fully saturated rings. The first-order valence-corrected chi connectivity index (χ1v) is 56.2. The molecule has 5 aliphatic heterocycles. The summed E-state index contributed by atoms with van der Waals surface area (Å²) in [6.45, 7) is 29.5. The quantitative estimate of drug-likeness (QED) is 0.0619. The van der Waals surface area contributed by atoms with Crippen molar-refractivity contribution in [3.05, 3.63) is 236 Å². The summed E-state index contributed by atoms with van der Waals surface area (Å²) < 4.78 is 88.0. The first-order valence-electron chi connectivity index (χ1n) is 50.3. The minimum atomic E-state index is -3.63. The Morgan fingerprint density at radius 1 is 0.662 bits per heavy atom. The van der Waals surface area contributed by atoms with Crippen molar-refractivity contribution in [2.75, 3.05) is 78.5 Å². The maximum Gasteiger partial charge on any atom is 0.420 e. The number of hydrogen-bond donors (Lipinski definition) is 6. The highest BCUT2D eigenvalue weighted by atomic mass is 35.5. The second-order valence-corrected chi connectivity index (χ2v) is 50.9. The van der Waals surface area contributed by atoms with Gasteiger partial charge in [-0.3, -0.25) is 23.8 Å². The number of aliphatic hydroxyl groups excluding tert-OH is 3. The van der Waals surface area contributed by atoms with Gasteiger partial charge in [0.15, 0.2) is 11.5 Å². The van der Waals surface area contributed by atoms with Crippen molar-refractivity contribution in [3.8, 4) is 17.2 Å². The summed E-state index contributed by atoms with van der Waals surface area (Å²) in [5.41, 5.74) is 9.57. The Morgan fingerprint density at radius 3 is 1.65 bits per heavy atom. The molecule has 142 heavy (non-hydrogen) atoms. The van der Waals surface area contributed by atoms with Gasteiger partial charge in [0.1, 0.15) is 58.9 Å². The fraction of sp³-hybridized carbons (Fsp3) is 0.514. The van der Waals surface area contributed by atoms with Crippen LogP contribution in [0.3, 0.4) is 0 Å². The van der Waals surface area contributed by atoms with Crippen LogP contribution in [0, 0.1) is 53.3 Å². The SMILES string of the molecule is C=CC[C@H](C)[C@@H](C)S(=O)(=NC(=O)c1ccc2c(c1)N(C[C@@H]1CC[C@H]1[C@@H](O)C=C)C[C@@]1(CCCc3cc(Cl)ccc31)CO2)NC(=O)OC(C)(C)C.C[C@@H]1[C@@H](C)C/C=C/[C@H](O)[C@@H]2CC[C@H]2CN2C[C@@]3(CCCc4cc(Cl)ccc43)COc3ccc(cc32)C(=O)N=S1(=O)Nc1ncnc2nn(C)cc12.C[C@@H]1[C@@H](C)C/C=C/[C@H](O)[C@@H]2CC[C@H]2CN2C[C@@]3(CCCc4cc(Cl)ccc43)COc3ccc(cc32)C(=O)N=S1(N)=O. The van der Waals surface area contributed by atoms with Gasteiger partial charge in [-0.05, 0) is 335 Å². The Balaban J connectivity index is 0.000000147. The summed E-state index contributed by atoms with van der Waals surface area (Å²) in [7, 11) is -8.60. The molecule has 6 aliphatic carbocycles. The number of rotatable bonds is 12. The number of anilines is 4. The highest BCUT2D eigenvalue weighted by Crippen LogP contribution is 2.53. The number of aromatic nitrogens is 4. The predicted octanol–water partition coefficient (Wildman–Crippen LogP) is 20.2. The number of nitrogens with two attached hydrogens (primary N) is 1. The van der Waals surface area contributed by atoms with Gasteiger partial charge in [-0.15, -0.1) is 26.2 Å². The van der Waals surface area contributed by atoms with E-state index in [4.69, 9.17) is 58.9 Å². The van der Waals surface area contributed by atoms with Crippen LogP contribution in [-0.4, -0.2) is 170 Å². The van der Waals surface area contributed by atoms with Crippen LogP contribution in [0.5, 0.6) is 17.2 Å². The number of aryl methyl sites for hydroxylation is 4. The molecule has 27 nitrogen and oxygen atoms in total. The lowest BCUT2D eigenvalue weighted by Crippen LogP contribution is -2.49. The largest absolute Gasteiger partial charge is 0.490 e. The molecule has 3 unspecified atom stereocenters. The number of carbonyl (C=O) groups excluding carboxylic acids is 4. The Labute approximate surface area is 851 Å². The van der Waals surface area contributed by atoms with E-state index in [1.165, 1.54) is 39.7 Å². The van der Waals surface area contributed by atoms with Crippen molar-refractivity contribution in [3.63, 3.8) is 0 Å². The number of fused-ring (bicyclic) bond motifs is 12. The first kappa shape index (κ1) is 104. The summed E-state index contributed by atoms with van der Waals surface area (Å²) in [4.78, 5) is 70.1. The second-order valence-electron chi connectivity index (χ2n) is 42.9. The monoisotopic (exact) mass is 2050 g/mol. The van der Waals surface area contributed by atoms with Crippen molar-refractivity contribution < 1.29 is 66.1 Å². The summed E-state index contributed by atoms with van der Waals surface area (Å²) >= 11 is 19.3. The van der Waals surface area contributed by atoms with Gasteiger partial charge in [-0.1, -0.05) is 110 Å². The molecule has 21 atom stereocenters. The number of hydrogen-bond acceptors (Lipinski definition) is 20. The van der Waals surface area contributed by atoms with E-state index in [2.05, 4.69) is 102 Å². The summed E-state index contributed by atoms with van der Waals surface area (Å²) in [5, 5.41) is 44.8. The van der Waals surface area contributed by atoms with Crippen LogP contribution in [0.1, 0.15) is 223 Å². The van der Waals surface area contributed by atoms with E-state index < -0.39 is 93.2 Å². The normalized spacial score (nSPS) is 30.3. The third-order valence-corrected chi connectivity index (χ3v) is 39.8. The maximum absolute atomic E-state index is 15.0. The van der Waals surface area contributed by atoms with Crippen molar-refractivity contribution in [1.29, 1.82) is 0 Å². The molecule has 3 saturated carbocycles. The van der Waals surface area contributed by atoms with E-state index in [1.54, 1.807) is 95.0 Å². The minimum absolute atomic E-state index is 0.0713. The minimum Gasteiger partial charge on any atom is -0.490 e. The molecule has 7 N–H and O–H groups in total. The Kier molecular flexibility index (Phi) is 30.9.